The predicted octanol–water partition coefficient (Wildman–Crippen LogP) is 6.38. The SMILES string of the molecule is CCc1ccc(Oc2cccnc2N)c(OC)c1.CCc1ccc(Oc2cccnc2[N+](=O)[O-])c(OC)c1. The summed E-state index contributed by atoms with van der Waals surface area (Å²) in [5, 5.41) is 10.9. The third-order valence-corrected chi connectivity index (χ3v) is 5.44. The molecule has 0 bridgehead atoms. The van der Waals surface area contributed by atoms with E-state index in [9.17, 15) is 10.1 Å². The molecule has 0 unspecified atom stereocenters. The van der Waals surface area contributed by atoms with Crippen molar-refractivity contribution in [1.82, 2.24) is 9.97 Å². The van der Waals surface area contributed by atoms with E-state index in [2.05, 4.69) is 16.9 Å². The van der Waals surface area contributed by atoms with Crippen molar-refractivity contribution in [2.45, 2.75) is 26.7 Å². The van der Waals surface area contributed by atoms with Gasteiger partial charge in [0.2, 0.25) is 5.75 Å². The molecule has 198 valence electrons. The number of pyridine rings is 2. The van der Waals surface area contributed by atoms with Crippen LogP contribution in [0.1, 0.15) is 25.0 Å². The van der Waals surface area contributed by atoms with Gasteiger partial charge in [-0.3, -0.25) is 0 Å². The summed E-state index contributed by atoms with van der Waals surface area (Å²) in [6.07, 6.45) is 4.79. The monoisotopic (exact) mass is 518 g/mol. The van der Waals surface area contributed by atoms with Gasteiger partial charge in [0, 0.05) is 6.20 Å². The lowest BCUT2D eigenvalue weighted by Gasteiger charge is -2.12. The maximum Gasteiger partial charge on any atom is 0.406 e. The van der Waals surface area contributed by atoms with Gasteiger partial charge in [0.25, 0.3) is 0 Å². The van der Waals surface area contributed by atoms with Crippen molar-refractivity contribution in [3.63, 3.8) is 0 Å². The molecule has 2 aromatic carbocycles. The Morgan fingerprint density at radius 3 is 1.71 bits per heavy atom. The van der Waals surface area contributed by atoms with E-state index < -0.39 is 4.92 Å². The molecule has 0 saturated heterocycles. The van der Waals surface area contributed by atoms with Crippen LogP contribution in [0.5, 0.6) is 34.5 Å². The second-order valence-corrected chi connectivity index (χ2v) is 7.85. The number of nitrogen functional groups attached to an aromatic ring is 1. The highest BCUT2D eigenvalue weighted by Crippen LogP contribution is 2.36. The molecule has 0 amide bonds. The number of ether oxygens (including phenoxy) is 4. The Hall–Kier alpha value is -4.86. The highest BCUT2D eigenvalue weighted by atomic mass is 16.6. The Morgan fingerprint density at radius 2 is 1.24 bits per heavy atom. The van der Waals surface area contributed by atoms with E-state index in [-0.39, 0.29) is 11.6 Å². The smallest absolute Gasteiger partial charge is 0.406 e. The molecule has 0 spiro atoms. The predicted molar refractivity (Wildman–Crippen MR) is 144 cm³/mol. The normalized spacial score (nSPS) is 10.1. The topological polar surface area (TPSA) is 132 Å². The van der Waals surface area contributed by atoms with Crippen LogP contribution in [0.4, 0.5) is 11.6 Å². The molecule has 0 aliphatic carbocycles. The average Bonchev–Trinajstić information content (AvgIpc) is 2.95. The van der Waals surface area contributed by atoms with E-state index in [0.29, 0.717) is 34.6 Å². The maximum absolute atomic E-state index is 10.9. The summed E-state index contributed by atoms with van der Waals surface area (Å²) in [4.78, 5) is 18.0. The Labute approximate surface area is 221 Å². The summed E-state index contributed by atoms with van der Waals surface area (Å²) >= 11 is 0. The Balaban J connectivity index is 0.000000212. The second-order valence-electron chi connectivity index (χ2n) is 7.85. The number of aryl methyl sites for hydroxylation is 2. The fourth-order valence-electron chi connectivity index (χ4n) is 3.36. The first kappa shape index (κ1) is 27.7. The van der Waals surface area contributed by atoms with Crippen LogP contribution in [0.2, 0.25) is 0 Å². The summed E-state index contributed by atoms with van der Waals surface area (Å²) < 4.78 is 21.8. The molecule has 10 heteroatoms. The maximum atomic E-state index is 10.9. The van der Waals surface area contributed by atoms with Crippen LogP contribution in [-0.4, -0.2) is 29.1 Å². The van der Waals surface area contributed by atoms with Crippen LogP contribution >= 0.6 is 0 Å². The first-order valence-corrected chi connectivity index (χ1v) is 11.9. The molecule has 0 saturated carbocycles. The van der Waals surface area contributed by atoms with Crippen LogP contribution < -0.4 is 24.7 Å². The molecular weight excluding hydrogens is 488 g/mol. The van der Waals surface area contributed by atoms with Gasteiger partial charge in [-0.05, 0) is 82.4 Å². The lowest BCUT2D eigenvalue weighted by atomic mass is 10.1. The highest BCUT2D eigenvalue weighted by molar-refractivity contribution is 5.51. The van der Waals surface area contributed by atoms with E-state index in [1.165, 1.54) is 24.9 Å². The number of anilines is 1. The molecule has 0 atom stereocenters. The minimum absolute atomic E-state index is 0.0834. The van der Waals surface area contributed by atoms with Crippen LogP contribution in [0.15, 0.2) is 73.1 Å². The Kier molecular flexibility index (Phi) is 9.81. The zero-order chi connectivity index (χ0) is 27.5. The molecule has 2 N–H and O–H groups in total. The Bertz CT molecular complexity index is 1380. The molecular formula is C28H30N4O6. The number of nitrogens with two attached hydrogens (primary N) is 1. The standard InChI is InChI=1S/C14H14N2O4.C14H16N2O2/c1-3-10-6-7-11(13(9-10)19-2)20-12-5-4-8-15-14(12)16(17)18;1-3-10-6-7-11(13(9-10)17-2)18-12-5-4-8-16-14(12)15/h4-9H,3H2,1-2H3;4-9H,3H2,1-2H3,(H2,15,16). The number of nitrogens with zero attached hydrogens (tertiary/aromatic N) is 3. The third-order valence-electron chi connectivity index (χ3n) is 5.44. The lowest BCUT2D eigenvalue weighted by molar-refractivity contribution is -0.390. The van der Waals surface area contributed by atoms with Crippen molar-refractivity contribution in [3.8, 4) is 34.5 Å². The molecule has 0 aliphatic rings. The fraction of sp³-hybridized carbons (Fsp3) is 0.214. The number of hydrogen-bond donors (Lipinski definition) is 1. The molecule has 0 aliphatic heterocycles. The summed E-state index contributed by atoms with van der Waals surface area (Å²) in [6, 6.07) is 17.9. The number of hydrogen-bond acceptors (Lipinski definition) is 9. The van der Waals surface area contributed by atoms with Gasteiger partial charge < -0.3 is 34.8 Å². The van der Waals surface area contributed by atoms with Gasteiger partial charge in [0.05, 0.1) is 14.2 Å². The minimum Gasteiger partial charge on any atom is -0.493 e. The first-order valence-electron chi connectivity index (χ1n) is 11.9. The van der Waals surface area contributed by atoms with Gasteiger partial charge in [-0.15, -0.1) is 0 Å². The largest absolute Gasteiger partial charge is 0.493 e. The van der Waals surface area contributed by atoms with Gasteiger partial charge in [-0.1, -0.05) is 26.0 Å². The molecule has 0 radical (unpaired) electrons. The van der Waals surface area contributed by atoms with Crippen molar-refractivity contribution in [3.05, 3.63) is 94.3 Å². The van der Waals surface area contributed by atoms with Gasteiger partial charge >= 0.3 is 5.82 Å². The van der Waals surface area contributed by atoms with Gasteiger partial charge in [0.1, 0.15) is 6.20 Å². The van der Waals surface area contributed by atoms with E-state index in [1.807, 2.05) is 37.3 Å². The van der Waals surface area contributed by atoms with Crippen molar-refractivity contribution < 1.29 is 23.9 Å². The fourth-order valence-corrected chi connectivity index (χ4v) is 3.36. The van der Waals surface area contributed by atoms with Gasteiger partial charge in [0.15, 0.2) is 34.6 Å². The summed E-state index contributed by atoms with van der Waals surface area (Å²) in [7, 11) is 3.15. The number of rotatable bonds is 9. The highest BCUT2D eigenvalue weighted by Gasteiger charge is 2.18. The first-order chi connectivity index (χ1) is 18.4. The van der Waals surface area contributed by atoms with Crippen LogP contribution in [0.3, 0.4) is 0 Å². The molecule has 2 heterocycles. The van der Waals surface area contributed by atoms with E-state index >= 15 is 0 Å². The van der Waals surface area contributed by atoms with E-state index in [1.54, 1.807) is 37.6 Å². The average molecular weight is 519 g/mol. The minimum atomic E-state index is -0.581. The van der Waals surface area contributed by atoms with Crippen LogP contribution in [0.25, 0.3) is 0 Å². The summed E-state index contributed by atoms with van der Waals surface area (Å²) in [5.41, 5.74) is 8.02. The molecule has 4 aromatic rings. The third kappa shape index (κ3) is 7.10. The molecule has 10 nitrogen and oxygen atoms in total. The van der Waals surface area contributed by atoms with E-state index in [4.69, 9.17) is 24.7 Å². The van der Waals surface area contributed by atoms with Crippen LogP contribution in [-0.2, 0) is 12.8 Å². The molecule has 38 heavy (non-hydrogen) atoms. The van der Waals surface area contributed by atoms with Crippen molar-refractivity contribution in [2.75, 3.05) is 20.0 Å². The Morgan fingerprint density at radius 1 is 0.737 bits per heavy atom. The summed E-state index contributed by atoms with van der Waals surface area (Å²) in [5.74, 6) is 2.92. The molecule has 0 fully saturated rings. The van der Waals surface area contributed by atoms with Gasteiger partial charge in [-0.2, -0.15) is 0 Å². The summed E-state index contributed by atoms with van der Waals surface area (Å²) in [6.45, 7) is 4.12. The van der Waals surface area contributed by atoms with Crippen molar-refractivity contribution in [2.24, 2.45) is 0 Å². The lowest BCUT2D eigenvalue weighted by Crippen LogP contribution is -1.97. The number of nitro groups is 1. The number of aromatic nitrogens is 2. The van der Waals surface area contributed by atoms with Crippen LogP contribution in [0, 0.1) is 10.1 Å². The van der Waals surface area contributed by atoms with E-state index in [0.717, 1.165) is 18.4 Å². The van der Waals surface area contributed by atoms with Gasteiger partial charge in [-0.25, -0.2) is 4.98 Å². The number of methoxy groups -OCH3 is 2. The number of benzene rings is 2. The van der Waals surface area contributed by atoms with Crippen molar-refractivity contribution >= 4 is 11.6 Å². The zero-order valence-electron chi connectivity index (χ0n) is 21.7. The quantitative estimate of drug-likeness (QED) is 0.198. The molecule has 4 rings (SSSR count). The molecule has 2 aromatic heterocycles. The second kappa shape index (κ2) is 13.4. The van der Waals surface area contributed by atoms with Crippen molar-refractivity contribution in [1.29, 1.82) is 0 Å². The zero-order valence-corrected chi connectivity index (χ0v) is 21.7.